The molecule has 15 heavy (non-hydrogen) atoms. The lowest BCUT2D eigenvalue weighted by atomic mass is 10.1. The van der Waals surface area contributed by atoms with Gasteiger partial charge in [0.15, 0.2) is 0 Å². The number of alkyl halides is 1. The van der Waals surface area contributed by atoms with E-state index in [1.54, 1.807) is 18.1 Å². The molecule has 5 heteroatoms. The van der Waals surface area contributed by atoms with Gasteiger partial charge in [0.2, 0.25) is 0 Å². The van der Waals surface area contributed by atoms with Crippen LogP contribution in [0.5, 0.6) is 0 Å². The molecule has 0 saturated heterocycles. The maximum Gasteiger partial charge on any atom is 0.130 e. The van der Waals surface area contributed by atoms with Gasteiger partial charge in [0, 0.05) is 17.4 Å². The Bertz CT molecular complexity index is 308. The molecule has 2 atom stereocenters. The van der Waals surface area contributed by atoms with Crippen molar-refractivity contribution in [2.24, 2.45) is 5.92 Å². The van der Waals surface area contributed by atoms with Crippen molar-refractivity contribution in [3.8, 4) is 0 Å². The lowest BCUT2D eigenvalue weighted by molar-refractivity contribution is 0.570. The Morgan fingerprint density at radius 1 is 1.47 bits per heavy atom. The maximum atomic E-state index is 4.19. The summed E-state index contributed by atoms with van der Waals surface area (Å²) in [5.41, 5.74) is 0. The van der Waals surface area contributed by atoms with Crippen molar-refractivity contribution in [2.45, 2.75) is 24.9 Å². The van der Waals surface area contributed by atoms with Crippen LogP contribution in [0.4, 0.5) is 5.82 Å². The fourth-order valence-electron chi connectivity index (χ4n) is 1.04. The average Bonchev–Trinajstić information content (AvgIpc) is 2.28. The van der Waals surface area contributed by atoms with E-state index in [4.69, 9.17) is 0 Å². The van der Waals surface area contributed by atoms with Crippen LogP contribution >= 0.6 is 27.7 Å². The molecular formula is C10H16BrN3S. The van der Waals surface area contributed by atoms with Crippen molar-refractivity contribution < 1.29 is 0 Å². The smallest absolute Gasteiger partial charge is 0.130 e. The molecule has 1 heterocycles. The summed E-state index contributed by atoms with van der Waals surface area (Å²) in [5.74, 6) is 1.47. The molecule has 3 nitrogen and oxygen atoms in total. The first-order valence-electron chi connectivity index (χ1n) is 4.86. The first-order valence-corrected chi connectivity index (χ1v) is 7.20. The Kier molecular flexibility index (Phi) is 5.39. The van der Waals surface area contributed by atoms with Crippen LogP contribution in [-0.2, 0) is 0 Å². The number of rotatable bonds is 5. The number of halogens is 1. The topological polar surface area (TPSA) is 37.8 Å². The Labute approximate surface area is 104 Å². The van der Waals surface area contributed by atoms with Crippen molar-refractivity contribution >= 4 is 33.5 Å². The summed E-state index contributed by atoms with van der Waals surface area (Å²) >= 11 is 5.10. The molecule has 1 aromatic rings. The van der Waals surface area contributed by atoms with E-state index in [0.717, 1.165) is 16.2 Å². The molecule has 0 aliphatic carbocycles. The number of nitrogens with zero attached hydrogens (tertiary/aromatic N) is 2. The van der Waals surface area contributed by atoms with E-state index >= 15 is 0 Å². The quantitative estimate of drug-likeness (QED) is 0.514. The Balaban J connectivity index is 2.63. The average molecular weight is 290 g/mol. The molecule has 0 radical (unpaired) electrons. The first-order chi connectivity index (χ1) is 7.17. The summed E-state index contributed by atoms with van der Waals surface area (Å²) in [4.78, 5) is 8.33. The van der Waals surface area contributed by atoms with Gasteiger partial charge in [0.25, 0.3) is 0 Å². The molecule has 1 rings (SSSR count). The summed E-state index contributed by atoms with van der Waals surface area (Å²) in [7, 11) is 0. The first kappa shape index (κ1) is 12.8. The van der Waals surface area contributed by atoms with E-state index in [9.17, 15) is 0 Å². The second-order valence-electron chi connectivity index (χ2n) is 3.51. The minimum atomic E-state index is 0.397. The third-order valence-electron chi connectivity index (χ3n) is 2.32. The van der Waals surface area contributed by atoms with Crippen LogP contribution in [0.3, 0.4) is 0 Å². The summed E-state index contributed by atoms with van der Waals surface area (Å²) < 4.78 is 0. The minimum absolute atomic E-state index is 0.397. The van der Waals surface area contributed by atoms with E-state index in [2.05, 4.69) is 45.1 Å². The molecule has 0 aromatic carbocycles. The molecule has 0 bridgehead atoms. The predicted molar refractivity (Wildman–Crippen MR) is 69.9 cm³/mol. The van der Waals surface area contributed by atoms with E-state index in [1.165, 1.54) is 0 Å². The van der Waals surface area contributed by atoms with E-state index in [-0.39, 0.29) is 0 Å². The van der Waals surface area contributed by atoms with Gasteiger partial charge in [-0.05, 0) is 19.1 Å². The predicted octanol–water partition coefficient (Wildman–Crippen LogP) is 3.03. The largest absolute Gasteiger partial charge is 0.367 e. The number of hydrogen-bond donors (Lipinski definition) is 1. The fraction of sp³-hybridized carbons (Fsp3) is 0.600. The van der Waals surface area contributed by atoms with Gasteiger partial charge in [-0.2, -0.15) is 0 Å². The molecule has 2 unspecified atom stereocenters. The number of aromatic nitrogens is 2. The molecular weight excluding hydrogens is 274 g/mol. The zero-order chi connectivity index (χ0) is 11.3. The lowest BCUT2D eigenvalue weighted by Crippen LogP contribution is -2.25. The Morgan fingerprint density at radius 2 is 2.20 bits per heavy atom. The van der Waals surface area contributed by atoms with Gasteiger partial charge in [-0.15, -0.1) is 11.8 Å². The molecule has 0 aliphatic rings. The Morgan fingerprint density at radius 3 is 2.80 bits per heavy atom. The molecule has 1 N–H and O–H groups in total. The van der Waals surface area contributed by atoms with Crippen LogP contribution < -0.4 is 5.32 Å². The second kappa shape index (κ2) is 6.33. The van der Waals surface area contributed by atoms with Gasteiger partial charge < -0.3 is 5.32 Å². The van der Waals surface area contributed by atoms with Crippen molar-refractivity contribution in [2.75, 3.05) is 16.9 Å². The van der Waals surface area contributed by atoms with Gasteiger partial charge in [0.05, 0.1) is 0 Å². The van der Waals surface area contributed by atoms with Gasteiger partial charge in [-0.1, -0.05) is 22.9 Å². The molecule has 84 valence electrons. The Hall–Kier alpha value is -0.290. The molecule has 0 fully saturated rings. The number of hydrogen-bond acceptors (Lipinski definition) is 4. The minimum Gasteiger partial charge on any atom is -0.367 e. The summed E-state index contributed by atoms with van der Waals surface area (Å²) in [6.45, 7) is 4.36. The standard InChI is InChI=1S/C10H16BrN3S/c1-7(5-11)8(2)14-9-4-10(15-3)13-6-12-9/h4,6-8H,5H2,1-3H3,(H,12,13,14). The fourth-order valence-corrected chi connectivity index (χ4v) is 1.98. The number of thioether (sulfide) groups is 1. The lowest BCUT2D eigenvalue weighted by Gasteiger charge is -2.19. The third-order valence-corrected chi connectivity index (χ3v) is 3.99. The van der Waals surface area contributed by atoms with Gasteiger partial charge >= 0.3 is 0 Å². The number of anilines is 1. The van der Waals surface area contributed by atoms with Crippen LogP contribution in [0.15, 0.2) is 17.4 Å². The molecule has 0 saturated carbocycles. The van der Waals surface area contributed by atoms with Crippen LogP contribution in [0.2, 0.25) is 0 Å². The summed E-state index contributed by atoms with van der Waals surface area (Å²) in [6, 6.07) is 2.37. The SMILES string of the molecule is CSc1cc(NC(C)C(C)CBr)ncn1. The van der Waals surface area contributed by atoms with Crippen LogP contribution in [-0.4, -0.2) is 27.6 Å². The highest BCUT2D eigenvalue weighted by Crippen LogP contribution is 2.16. The van der Waals surface area contributed by atoms with Gasteiger partial charge in [0.1, 0.15) is 17.2 Å². The van der Waals surface area contributed by atoms with Crippen LogP contribution in [0, 0.1) is 5.92 Å². The second-order valence-corrected chi connectivity index (χ2v) is 4.98. The van der Waals surface area contributed by atoms with Crippen molar-refractivity contribution in [3.05, 3.63) is 12.4 Å². The molecule has 1 aromatic heterocycles. The molecule has 0 spiro atoms. The van der Waals surface area contributed by atoms with E-state index in [0.29, 0.717) is 12.0 Å². The van der Waals surface area contributed by atoms with Crippen molar-refractivity contribution in [1.82, 2.24) is 9.97 Å². The highest BCUT2D eigenvalue weighted by atomic mass is 79.9. The zero-order valence-corrected chi connectivity index (χ0v) is 11.6. The summed E-state index contributed by atoms with van der Waals surface area (Å²) in [6.07, 6.45) is 3.61. The van der Waals surface area contributed by atoms with Crippen LogP contribution in [0.1, 0.15) is 13.8 Å². The third kappa shape index (κ3) is 3.99. The maximum absolute atomic E-state index is 4.19. The summed E-state index contributed by atoms with van der Waals surface area (Å²) in [5, 5.41) is 5.35. The molecule has 0 amide bonds. The normalized spacial score (nSPS) is 14.7. The van der Waals surface area contributed by atoms with Gasteiger partial charge in [-0.25, -0.2) is 9.97 Å². The molecule has 0 aliphatic heterocycles. The van der Waals surface area contributed by atoms with E-state index < -0.39 is 0 Å². The highest BCUT2D eigenvalue weighted by Gasteiger charge is 2.11. The van der Waals surface area contributed by atoms with Gasteiger partial charge in [-0.3, -0.25) is 0 Å². The van der Waals surface area contributed by atoms with Crippen molar-refractivity contribution in [1.29, 1.82) is 0 Å². The highest BCUT2D eigenvalue weighted by molar-refractivity contribution is 9.09. The zero-order valence-electron chi connectivity index (χ0n) is 9.20. The van der Waals surface area contributed by atoms with E-state index in [1.807, 2.05) is 12.3 Å². The van der Waals surface area contributed by atoms with Crippen molar-refractivity contribution in [3.63, 3.8) is 0 Å². The number of nitrogens with one attached hydrogen (secondary N) is 1. The van der Waals surface area contributed by atoms with Crippen LogP contribution in [0.25, 0.3) is 0 Å². The monoisotopic (exact) mass is 289 g/mol.